The SMILES string of the molecule is CCc1c(O)cc(=O)[nH]c1-c1cc2ccc(OC)cc2n1C. The van der Waals surface area contributed by atoms with Gasteiger partial charge in [0.05, 0.1) is 24.0 Å². The minimum Gasteiger partial charge on any atom is -0.507 e. The van der Waals surface area contributed by atoms with Gasteiger partial charge < -0.3 is 19.4 Å². The third kappa shape index (κ3) is 2.15. The van der Waals surface area contributed by atoms with Crippen LogP contribution in [-0.4, -0.2) is 21.8 Å². The zero-order valence-corrected chi connectivity index (χ0v) is 12.8. The number of pyridine rings is 1. The molecule has 114 valence electrons. The number of fused-ring (bicyclic) bond motifs is 1. The predicted molar refractivity (Wildman–Crippen MR) is 86.6 cm³/mol. The zero-order valence-electron chi connectivity index (χ0n) is 12.8. The van der Waals surface area contributed by atoms with Crippen LogP contribution in [0.5, 0.6) is 11.5 Å². The molecule has 3 rings (SSSR count). The number of methoxy groups -OCH3 is 1. The van der Waals surface area contributed by atoms with Gasteiger partial charge in [0.1, 0.15) is 11.5 Å². The van der Waals surface area contributed by atoms with Crippen molar-refractivity contribution < 1.29 is 9.84 Å². The highest BCUT2D eigenvalue weighted by Crippen LogP contribution is 2.32. The number of aromatic hydroxyl groups is 1. The molecule has 2 N–H and O–H groups in total. The molecule has 1 aromatic carbocycles. The fourth-order valence-corrected chi connectivity index (χ4v) is 2.83. The number of benzene rings is 1. The Kier molecular flexibility index (Phi) is 3.41. The molecular formula is C17H18N2O3. The molecule has 0 fully saturated rings. The van der Waals surface area contributed by atoms with Crippen molar-refractivity contribution in [2.24, 2.45) is 7.05 Å². The summed E-state index contributed by atoms with van der Waals surface area (Å²) in [6.45, 7) is 1.95. The Hall–Kier alpha value is -2.69. The van der Waals surface area contributed by atoms with Crippen LogP contribution in [0.3, 0.4) is 0 Å². The second kappa shape index (κ2) is 5.26. The summed E-state index contributed by atoms with van der Waals surface area (Å²) in [4.78, 5) is 14.6. The predicted octanol–water partition coefficient (Wildman–Crippen LogP) is 2.81. The highest BCUT2D eigenvalue weighted by Gasteiger charge is 2.15. The van der Waals surface area contributed by atoms with E-state index in [1.807, 2.05) is 42.8 Å². The Morgan fingerprint density at radius 2 is 2.05 bits per heavy atom. The highest BCUT2D eigenvalue weighted by atomic mass is 16.5. The molecule has 0 radical (unpaired) electrons. The Morgan fingerprint density at radius 3 is 2.73 bits per heavy atom. The highest BCUT2D eigenvalue weighted by molar-refractivity contribution is 5.88. The van der Waals surface area contributed by atoms with E-state index in [1.165, 1.54) is 6.07 Å². The maximum absolute atomic E-state index is 11.7. The molecule has 0 aliphatic carbocycles. The number of aromatic amines is 1. The molecule has 2 heterocycles. The number of aryl methyl sites for hydroxylation is 1. The van der Waals surface area contributed by atoms with E-state index in [2.05, 4.69) is 4.98 Å². The molecule has 0 aliphatic heterocycles. The largest absolute Gasteiger partial charge is 0.507 e. The van der Waals surface area contributed by atoms with Gasteiger partial charge in [0.25, 0.3) is 5.56 Å². The van der Waals surface area contributed by atoms with Crippen molar-refractivity contribution in [2.75, 3.05) is 7.11 Å². The van der Waals surface area contributed by atoms with E-state index in [9.17, 15) is 9.90 Å². The smallest absolute Gasteiger partial charge is 0.252 e. The van der Waals surface area contributed by atoms with E-state index in [-0.39, 0.29) is 11.3 Å². The number of hydrogen-bond donors (Lipinski definition) is 2. The Balaban J connectivity index is 2.31. The molecule has 0 spiro atoms. The van der Waals surface area contributed by atoms with Gasteiger partial charge in [-0.25, -0.2) is 0 Å². The maximum Gasteiger partial charge on any atom is 0.252 e. The van der Waals surface area contributed by atoms with Gasteiger partial charge in [-0.05, 0) is 24.6 Å². The third-order valence-corrected chi connectivity index (χ3v) is 3.99. The number of ether oxygens (including phenoxy) is 1. The summed E-state index contributed by atoms with van der Waals surface area (Å²) in [6.07, 6.45) is 0.628. The lowest BCUT2D eigenvalue weighted by Gasteiger charge is -2.11. The van der Waals surface area contributed by atoms with Crippen LogP contribution >= 0.6 is 0 Å². The lowest BCUT2D eigenvalue weighted by atomic mass is 10.1. The molecule has 0 atom stereocenters. The standard InChI is InChI=1S/C17H18N2O3/c1-4-12-15(20)9-16(21)18-17(12)14-7-10-5-6-11(22-3)8-13(10)19(14)2/h5-9H,4H2,1-3H3,(H2,18,20,21). The normalized spacial score (nSPS) is 11.0. The fraction of sp³-hybridized carbons (Fsp3) is 0.235. The van der Waals surface area contributed by atoms with Gasteiger partial charge >= 0.3 is 0 Å². The number of rotatable bonds is 3. The summed E-state index contributed by atoms with van der Waals surface area (Å²) in [5.74, 6) is 0.810. The van der Waals surface area contributed by atoms with Crippen molar-refractivity contribution >= 4 is 10.9 Å². The molecule has 0 amide bonds. The van der Waals surface area contributed by atoms with Gasteiger partial charge in [0.2, 0.25) is 0 Å². The quantitative estimate of drug-likeness (QED) is 0.781. The van der Waals surface area contributed by atoms with Crippen molar-refractivity contribution in [3.63, 3.8) is 0 Å². The molecule has 0 unspecified atom stereocenters. The summed E-state index contributed by atoms with van der Waals surface area (Å²) in [5.41, 5.74) is 2.93. The summed E-state index contributed by atoms with van der Waals surface area (Å²) in [6, 6.07) is 9.04. The lowest BCUT2D eigenvalue weighted by Crippen LogP contribution is -2.09. The van der Waals surface area contributed by atoms with E-state index in [0.29, 0.717) is 12.1 Å². The van der Waals surface area contributed by atoms with Gasteiger partial charge in [-0.3, -0.25) is 4.79 Å². The molecule has 3 aromatic rings. The van der Waals surface area contributed by atoms with Gasteiger partial charge in [0.15, 0.2) is 0 Å². The van der Waals surface area contributed by atoms with Gasteiger partial charge in [-0.2, -0.15) is 0 Å². The molecular weight excluding hydrogens is 280 g/mol. The summed E-state index contributed by atoms with van der Waals surface area (Å²) in [7, 11) is 3.56. The van der Waals surface area contributed by atoms with E-state index in [0.717, 1.165) is 27.9 Å². The Bertz CT molecular complexity index is 906. The summed E-state index contributed by atoms with van der Waals surface area (Å²) in [5, 5.41) is 11.1. The van der Waals surface area contributed by atoms with E-state index < -0.39 is 0 Å². The Morgan fingerprint density at radius 1 is 1.27 bits per heavy atom. The van der Waals surface area contributed by atoms with Crippen LogP contribution < -0.4 is 10.3 Å². The van der Waals surface area contributed by atoms with Gasteiger partial charge in [0, 0.05) is 30.1 Å². The van der Waals surface area contributed by atoms with Crippen LogP contribution in [0.1, 0.15) is 12.5 Å². The number of hydrogen-bond acceptors (Lipinski definition) is 3. The Labute approximate surface area is 127 Å². The minimum atomic E-state index is -0.312. The van der Waals surface area contributed by atoms with Crippen molar-refractivity contribution in [1.29, 1.82) is 0 Å². The second-order valence-corrected chi connectivity index (χ2v) is 5.24. The van der Waals surface area contributed by atoms with Crippen LogP contribution in [0.25, 0.3) is 22.3 Å². The number of H-pyrrole nitrogens is 1. The van der Waals surface area contributed by atoms with Gasteiger partial charge in [-0.1, -0.05) is 6.92 Å². The first-order valence-electron chi connectivity index (χ1n) is 7.14. The first kappa shape index (κ1) is 14.3. The van der Waals surface area contributed by atoms with Crippen LogP contribution in [0, 0.1) is 0 Å². The van der Waals surface area contributed by atoms with Gasteiger partial charge in [-0.15, -0.1) is 0 Å². The van der Waals surface area contributed by atoms with Crippen molar-refractivity contribution in [2.45, 2.75) is 13.3 Å². The minimum absolute atomic E-state index is 0.0316. The first-order valence-corrected chi connectivity index (χ1v) is 7.14. The van der Waals surface area contributed by atoms with Crippen LogP contribution in [-0.2, 0) is 13.5 Å². The van der Waals surface area contributed by atoms with Crippen molar-refractivity contribution in [1.82, 2.24) is 9.55 Å². The van der Waals surface area contributed by atoms with Crippen LogP contribution in [0.4, 0.5) is 0 Å². The number of nitrogens with zero attached hydrogens (tertiary/aromatic N) is 1. The molecule has 22 heavy (non-hydrogen) atoms. The third-order valence-electron chi connectivity index (χ3n) is 3.99. The first-order chi connectivity index (χ1) is 10.5. The number of nitrogens with one attached hydrogen (secondary N) is 1. The molecule has 2 aromatic heterocycles. The molecule has 0 saturated heterocycles. The summed E-state index contributed by atoms with van der Waals surface area (Å²) >= 11 is 0. The van der Waals surface area contributed by atoms with E-state index in [4.69, 9.17) is 4.74 Å². The second-order valence-electron chi connectivity index (χ2n) is 5.24. The van der Waals surface area contributed by atoms with Crippen molar-refractivity contribution in [3.05, 3.63) is 46.2 Å². The molecule has 0 aliphatic rings. The van der Waals surface area contributed by atoms with Crippen molar-refractivity contribution in [3.8, 4) is 22.9 Å². The molecule has 5 heteroatoms. The average molecular weight is 298 g/mol. The molecule has 5 nitrogen and oxygen atoms in total. The monoisotopic (exact) mass is 298 g/mol. The van der Waals surface area contributed by atoms with E-state index >= 15 is 0 Å². The zero-order chi connectivity index (χ0) is 15.9. The molecule has 0 saturated carbocycles. The number of aromatic nitrogens is 2. The topological polar surface area (TPSA) is 67.2 Å². The van der Waals surface area contributed by atoms with Crippen LogP contribution in [0.15, 0.2) is 35.1 Å². The molecule has 0 bridgehead atoms. The maximum atomic E-state index is 11.7. The lowest BCUT2D eigenvalue weighted by molar-refractivity contribution is 0.415. The summed E-state index contributed by atoms with van der Waals surface area (Å²) < 4.78 is 7.25. The average Bonchev–Trinajstić information content (AvgIpc) is 2.83. The van der Waals surface area contributed by atoms with E-state index in [1.54, 1.807) is 7.11 Å². The van der Waals surface area contributed by atoms with Crippen LogP contribution in [0.2, 0.25) is 0 Å². The fourth-order valence-electron chi connectivity index (χ4n) is 2.83.